The highest BCUT2D eigenvalue weighted by atomic mass is 16.5. The number of nitrogens with zero attached hydrogens (tertiary/aromatic N) is 1. The maximum Gasteiger partial charge on any atom is 0.0999 e. The Kier molecular flexibility index (Phi) is 8.21. The predicted molar refractivity (Wildman–Crippen MR) is 105 cm³/mol. The Morgan fingerprint density at radius 2 is 2.12 bits per heavy atom. The van der Waals surface area contributed by atoms with Crippen LogP contribution in [0.3, 0.4) is 0 Å². The molecule has 2 rings (SSSR count). The number of ether oxygens (including phenoxy) is 1. The zero-order valence-electron chi connectivity index (χ0n) is 16.7. The lowest BCUT2D eigenvalue weighted by Gasteiger charge is -2.19. The van der Waals surface area contributed by atoms with Gasteiger partial charge in [-0.05, 0) is 63.6 Å². The molecule has 0 bridgehead atoms. The lowest BCUT2D eigenvalue weighted by molar-refractivity contribution is 0.136. The molecular weight excluding hydrogens is 326 g/mol. The van der Waals surface area contributed by atoms with Crippen molar-refractivity contribution in [3.63, 3.8) is 0 Å². The van der Waals surface area contributed by atoms with Crippen molar-refractivity contribution in [3.8, 4) is 11.8 Å². The predicted octanol–water partition coefficient (Wildman–Crippen LogP) is 2.82. The normalized spacial score (nSPS) is 31.9. The second-order valence-corrected chi connectivity index (χ2v) is 8.15. The maximum absolute atomic E-state index is 10.4. The van der Waals surface area contributed by atoms with Crippen molar-refractivity contribution in [3.05, 3.63) is 24.0 Å². The molecule has 4 heteroatoms. The molecule has 0 aromatic carbocycles. The van der Waals surface area contributed by atoms with Gasteiger partial charge in [-0.3, -0.25) is 0 Å². The number of fused-ring (bicyclic) bond motifs is 1. The Bertz CT molecular complexity index is 557. The lowest BCUT2D eigenvalue weighted by Crippen LogP contribution is -2.19. The van der Waals surface area contributed by atoms with Gasteiger partial charge in [0.05, 0.1) is 25.1 Å². The van der Waals surface area contributed by atoms with Crippen molar-refractivity contribution >= 4 is 0 Å². The summed E-state index contributed by atoms with van der Waals surface area (Å²) in [4.78, 5) is 2.11. The van der Waals surface area contributed by atoms with E-state index in [9.17, 15) is 10.2 Å². The van der Waals surface area contributed by atoms with Crippen LogP contribution in [0, 0.1) is 35.5 Å². The van der Waals surface area contributed by atoms with Gasteiger partial charge >= 0.3 is 0 Å². The van der Waals surface area contributed by atoms with E-state index in [1.54, 1.807) is 0 Å². The molecule has 0 aliphatic heterocycles. The van der Waals surface area contributed by atoms with E-state index in [1.807, 2.05) is 46.4 Å². The fourth-order valence-electron chi connectivity index (χ4n) is 4.10. The number of aliphatic hydroxyl groups excluding tert-OH is 2. The fraction of sp³-hybridized carbons (Fsp3) is 0.727. The largest absolute Gasteiger partial charge is 0.500 e. The van der Waals surface area contributed by atoms with E-state index in [0.717, 1.165) is 25.8 Å². The molecule has 0 aromatic heterocycles. The van der Waals surface area contributed by atoms with Crippen molar-refractivity contribution in [2.24, 2.45) is 23.7 Å². The molecule has 0 spiro atoms. The summed E-state index contributed by atoms with van der Waals surface area (Å²) in [5, 5.41) is 20.7. The molecule has 2 aliphatic carbocycles. The SMILES string of the molecule is CC#CC[C@@H](C)[C@H](O)/C=C/[C@@H]1[C@H]2C/C(=C/OCCN(C)C)C[C@H]2C[C@H]1O. The molecule has 4 nitrogen and oxygen atoms in total. The van der Waals surface area contributed by atoms with Crippen LogP contribution >= 0.6 is 0 Å². The zero-order valence-corrected chi connectivity index (χ0v) is 16.7. The highest BCUT2D eigenvalue weighted by molar-refractivity contribution is 5.17. The zero-order chi connectivity index (χ0) is 19.1. The first-order valence-corrected chi connectivity index (χ1v) is 9.80. The van der Waals surface area contributed by atoms with Gasteiger partial charge in [0.15, 0.2) is 0 Å². The molecule has 2 aliphatic rings. The summed E-state index contributed by atoms with van der Waals surface area (Å²) in [6.45, 7) is 5.45. The highest BCUT2D eigenvalue weighted by Crippen LogP contribution is 2.50. The maximum atomic E-state index is 10.4. The van der Waals surface area contributed by atoms with E-state index in [1.165, 1.54) is 5.57 Å². The Balaban J connectivity index is 1.89. The minimum absolute atomic E-state index is 0.108. The molecule has 6 atom stereocenters. The summed E-state index contributed by atoms with van der Waals surface area (Å²) in [5.74, 6) is 7.13. The van der Waals surface area contributed by atoms with Gasteiger partial charge < -0.3 is 19.8 Å². The Hall–Kier alpha value is -1.28. The monoisotopic (exact) mass is 361 g/mol. The molecule has 26 heavy (non-hydrogen) atoms. The standard InChI is InChI=1S/C22H35NO3/c1-5-6-7-16(2)21(24)9-8-19-20-13-17(12-18(20)14-22(19)25)15-26-11-10-23(3)4/h8-9,15-16,18-22,24-25H,7,10-14H2,1-4H3/b9-8+,17-15+/t16-,18+,19-,20+,21-,22-/m1/s1. The number of aliphatic hydroxyl groups is 2. The van der Waals surface area contributed by atoms with Gasteiger partial charge in [0, 0.05) is 18.9 Å². The topological polar surface area (TPSA) is 52.9 Å². The van der Waals surface area contributed by atoms with Crippen LogP contribution in [0.15, 0.2) is 24.0 Å². The summed E-state index contributed by atoms with van der Waals surface area (Å²) in [5.41, 5.74) is 1.36. The summed E-state index contributed by atoms with van der Waals surface area (Å²) >= 11 is 0. The van der Waals surface area contributed by atoms with Crippen LogP contribution < -0.4 is 0 Å². The Labute approximate surface area is 158 Å². The van der Waals surface area contributed by atoms with Gasteiger partial charge in [-0.25, -0.2) is 0 Å². The van der Waals surface area contributed by atoms with E-state index < -0.39 is 6.10 Å². The molecule has 146 valence electrons. The van der Waals surface area contributed by atoms with E-state index in [2.05, 4.69) is 16.7 Å². The van der Waals surface area contributed by atoms with Gasteiger partial charge in [0.2, 0.25) is 0 Å². The first-order chi connectivity index (χ1) is 12.4. The van der Waals surface area contributed by atoms with Gasteiger partial charge in [-0.1, -0.05) is 19.1 Å². The summed E-state index contributed by atoms with van der Waals surface area (Å²) < 4.78 is 5.69. The van der Waals surface area contributed by atoms with Gasteiger partial charge in [0.1, 0.15) is 0 Å². The van der Waals surface area contributed by atoms with Crippen molar-refractivity contribution in [1.82, 2.24) is 4.90 Å². The van der Waals surface area contributed by atoms with Crippen LogP contribution in [0.1, 0.15) is 39.5 Å². The summed E-state index contributed by atoms with van der Waals surface area (Å²) in [7, 11) is 4.08. The molecule has 0 amide bonds. The van der Waals surface area contributed by atoms with Crippen molar-refractivity contribution in [2.75, 3.05) is 27.2 Å². The van der Waals surface area contributed by atoms with Gasteiger partial charge in [-0.15, -0.1) is 11.8 Å². The summed E-state index contributed by atoms with van der Waals surface area (Å²) in [6, 6.07) is 0. The molecular formula is C22H35NO3. The Morgan fingerprint density at radius 3 is 2.81 bits per heavy atom. The third kappa shape index (κ3) is 5.87. The third-order valence-electron chi connectivity index (χ3n) is 5.73. The molecule has 2 fully saturated rings. The van der Waals surface area contributed by atoms with Crippen molar-refractivity contribution in [1.29, 1.82) is 0 Å². The molecule has 0 saturated heterocycles. The van der Waals surface area contributed by atoms with Crippen LogP contribution in [-0.2, 0) is 4.74 Å². The average Bonchev–Trinajstić information content (AvgIpc) is 3.10. The van der Waals surface area contributed by atoms with Crippen LogP contribution in [0.5, 0.6) is 0 Å². The van der Waals surface area contributed by atoms with E-state index in [4.69, 9.17) is 4.74 Å². The fourth-order valence-corrected chi connectivity index (χ4v) is 4.10. The number of allylic oxidation sites excluding steroid dienone is 1. The molecule has 0 unspecified atom stereocenters. The van der Waals surface area contributed by atoms with Gasteiger partial charge in [0.25, 0.3) is 0 Å². The van der Waals surface area contributed by atoms with Crippen LogP contribution in [-0.4, -0.2) is 54.6 Å². The van der Waals surface area contributed by atoms with Crippen molar-refractivity contribution < 1.29 is 14.9 Å². The minimum atomic E-state index is -0.507. The van der Waals surface area contributed by atoms with Crippen LogP contribution in [0.2, 0.25) is 0 Å². The summed E-state index contributed by atoms with van der Waals surface area (Å²) in [6.07, 6.45) is 8.61. The van der Waals surface area contributed by atoms with Crippen molar-refractivity contribution in [2.45, 2.75) is 51.7 Å². The molecule has 2 N–H and O–H groups in total. The molecule has 0 radical (unpaired) electrons. The number of hydrogen-bond donors (Lipinski definition) is 2. The van der Waals surface area contributed by atoms with Crippen LogP contribution in [0.25, 0.3) is 0 Å². The van der Waals surface area contributed by atoms with Crippen LogP contribution in [0.4, 0.5) is 0 Å². The first-order valence-electron chi connectivity index (χ1n) is 9.80. The van der Waals surface area contributed by atoms with E-state index >= 15 is 0 Å². The Morgan fingerprint density at radius 1 is 1.35 bits per heavy atom. The second kappa shape index (κ2) is 10.2. The minimum Gasteiger partial charge on any atom is -0.500 e. The van der Waals surface area contributed by atoms with Gasteiger partial charge in [-0.2, -0.15) is 0 Å². The number of likely N-dealkylation sites (N-methyl/N-ethyl adjacent to an activating group) is 1. The smallest absolute Gasteiger partial charge is 0.0999 e. The molecule has 2 saturated carbocycles. The molecule has 0 aromatic rings. The highest BCUT2D eigenvalue weighted by Gasteiger charge is 2.45. The molecule has 0 heterocycles. The van der Waals surface area contributed by atoms with E-state index in [-0.39, 0.29) is 17.9 Å². The third-order valence-corrected chi connectivity index (χ3v) is 5.73. The lowest BCUT2D eigenvalue weighted by atomic mass is 9.89. The first kappa shape index (κ1) is 21.0. The second-order valence-electron chi connectivity index (χ2n) is 8.15. The van der Waals surface area contributed by atoms with E-state index in [0.29, 0.717) is 24.9 Å². The quantitative estimate of drug-likeness (QED) is 0.302. The number of hydrogen-bond acceptors (Lipinski definition) is 4. The number of rotatable bonds is 8. The average molecular weight is 362 g/mol.